The Kier molecular flexibility index (Phi) is 11.4. The fourth-order valence-electron chi connectivity index (χ4n) is 11.7. The van der Waals surface area contributed by atoms with Crippen molar-refractivity contribution in [3.8, 4) is 66.8 Å². The van der Waals surface area contributed by atoms with E-state index in [-0.39, 0.29) is 16.2 Å². The molecule has 0 aromatic heterocycles. The molecule has 0 saturated carbocycles. The molecule has 0 N–H and O–H groups in total. The van der Waals surface area contributed by atoms with E-state index >= 15 is 0 Å². The maximum atomic E-state index is 2.46. The molecule has 0 atom stereocenters. The first-order valence-corrected chi connectivity index (χ1v) is 26.3. The van der Waals surface area contributed by atoms with E-state index in [1.54, 1.807) is 0 Å². The largest absolute Gasteiger partial charge is 0.310 e. The summed E-state index contributed by atoms with van der Waals surface area (Å²) in [6, 6.07) is 88.4. The van der Waals surface area contributed by atoms with Crippen molar-refractivity contribution in [1.29, 1.82) is 0 Å². The molecular weight excluding hydrogens is 891 g/mol. The molecule has 0 heterocycles. The van der Waals surface area contributed by atoms with Gasteiger partial charge in [-0.05, 0) is 146 Å². The lowest BCUT2D eigenvalue weighted by Crippen LogP contribution is -2.16. The number of hydrogen-bond donors (Lipinski definition) is 0. The van der Waals surface area contributed by atoms with Crippen LogP contribution in [0.1, 0.15) is 77.6 Å². The summed E-state index contributed by atoms with van der Waals surface area (Å²) in [5, 5.41) is 5.00. The Balaban J connectivity index is 0.999. The van der Waals surface area contributed by atoms with Crippen molar-refractivity contribution >= 4 is 38.6 Å². The summed E-state index contributed by atoms with van der Waals surface area (Å²) in [4.78, 5) is 2.46. The van der Waals surface area contributed by atoms with Crippen LogP contribution in [0.5, 0.6) is 0 Å². The molecule has 1 nitrogen and oxygen atoms in total. The van der Waals surface area contributed by atoms with E-state index in [0.29, 0.717) is 0 Å². The second-order valence-corrected chi connectivity index (χ2v) is 23.0. The molecule has 0 saturated heterocycles. The molecule has 0 aliphatic heterocycles. The van der Waals surface area contributed by atoms with Gasteiger partial charge in [0, 0.05) is 22.4 Å². The van der Waals surface area contributed by atoms with Crippen molar-refractivity contribution in [2.24, 2.45) is 0 Å². The van der Waals surface area contributed by atoms with Crippen molar-refractivity contribution in [1.82, 2.24) is 0 Å². The van der Waals surface area contributed by atoms with E-state index in [1.165, 1.54) is 111 Å². The molecule has 0 amide bonds. The topological polar surface area (TPSA) is 3.24 Å². The van der Waals surface area contributed by atoms with Gasteiger partial charge in [-0.15, -0.1) is 0 Å². The Morgan fingerprint density at radius 2 is 0.770 bits per heavy atom. The van der Waals surface area contributed by atoms with Crippen LogP contribution in [-0.2, 0) is 16.2 Å². The van der Waals surface area contributed by atoms with Gasteiger partial charge in [0.2, 0.25) is 0 Å². The predicted octanol–water partition coefficient (Wildman–Crippen LogP) is 20.7. The highest BCUT2D eigenvalue weighted by Crippen LogP contribution is 2.53. The SMILES string of the molecule is CC(C)(C)c1cc(-c2cccc3cccc(-c4ccccc4N(c4ccc(-c5ccc(-c6cccc7ccccc67)cc5)cc4)c4ccc(-c5cccc6c5-c5ccccc5C6(C)C)cc4)c23)cc(C(C)(C)C)c1. The quantitative estimate of drug-likeness (QED) is 0.147. The van der Waals surface area contributed by atoms with E-state index in [9.17, 15) is 0 Å². The van der Waals surface area contributed by atoms with Gasteiger partial charge in [-0.25, -0.2) is 0 Å². The molecule has 74 heavy (non-hydrogen) atoms. The van der Waals surface area contributed by atoms with E-state index in [2.05, 4.69) is 297 Å². The number of nitrogens with zero attached hydrogens (tertiary/aromatic N) is 1. The predicted molar refractivity (Wildman–Crippen MR) is 318 cm³/mol. The molecule has 1 heteroatoms. The van der Waals surface area contributed by atoms with Crippen LogP contribution in [0.15, 0.2) is 237 Å². The summed E-state index contributed by atoms with van der Waals surface area (Å²) < 4.78 is 0. The van der Waals surface area contributed by atoms with E-state index < -0.39 is 0 Å². The molecule has 0 fully saturated rings. The number of rotatable bonds is 8. The molecule has 0 bridgehead atoms. The van der Waals surface area contributed by atoms with Crippen LogP contribution in [-0.4, -0.2) is 0 Å². The highest BCUT2D eigenvalue weighted by Gasteiger charge is 2.36. The maximum absolute atomic E-state index is 2.46. The van der Waals surface area contributed by atoms with E-state index in [4.69, 9.17) is 0 Å². The van der Waals surface area contributed by atoms with Crippen LogP contribution in [0.3, 0.4) is 0 Å². The van der Waals surface area contributed by atoms with Crippen molar-refractivity contribution in [3.05, 3.63) is 259 Å². The van der Waals surface area contributed by atoms with Gasteiger partial charge in [-0.1, -0.05) is 262 Å². The molecule has 1 aliphatic carbocycles. The molecule has 12 rings (SSSR count). The first kappa shape index (κ1) is 46.8. The fourth-order valence-corrected chi connectivity index (χ4v) is 11.7. The highest BCUT2D eigenvalue weighted by molar-refractivity contribution is 6.09. The molecule has 360 valence electrons. The van der Waals surface area contributed by atoms with Crippen LogP contribution in [0.25, 0.3) is 88.3 Å². The first-order chi connectivity index (χ1) is 35.7. The van der Waals surface area contributed by atoms with Crippen LogP contribution < -0.4 is 4.90 Å². The molecule has 0 radical (unpaired) electrons. The van der Waals surface area contributed by atoms with Gasteiger partial charge in [0.1, 0.15) is 0 Å². The lowest BCUT2D eigenvalue weighted by molar-refractivity contribution is 0.569. The molecule has 0 unspecified atom stereocenters. The summed E-state index contributed by atoms with van der Waals surface area (Å²) in [5.41, 5.74) is 23.5. The molecule has 1 aliphatic rings. The maximum Gasteiger partial charge on any atom is 0.0540 e. The minimum Gasteiger partial charge on any atom is -0.310 e. The van der Waals surface area contributed by atoms with Gasteiger partial charge in [0.15, 0.2) is 0 Å². The summed E-state index contributed by atoms with van der Waals surface area (Å²) in [6.45, 7) is 18.7. The van der Waals surface area contributed by atoms with Gasteiger partial charge < -0.3 is 4.90 Å². The standard InChI is InChI=1S/C73H63N/c1-71(2,3)55-45-54(46-56(47-55)72(4,5)6)62-27-16-21-53-22-17-29-64(69(53)62)63-24-12-14-32-68(63)74(58-43-39-52(40-44-58)61-28-18-31-67-70(61)65-25-11-13-30-66(65)73(67,7)8)57-41-37-49(38-42-57)48-33-35-51(36-34-48)60-26-15-20-50-19-9-10-23-59(50)60/h9-47H,1-8H3. The van der Waals surface area contributed by atoms with Crippen molar-refractivity contribution < 1.29 is 0 Å². The van der Waals surface area contributed by atoms with Gasteiger partial charge >= 0.3 is 0 Å². The zero-order chi connectivity index (χ0) is 50.9. The molecule has 11 aromatic carbocycles. The number of para-hydroxylation sites is 1. The highest BCUT2D eigenvalue weighted by atomic mass is 15.1. The lowest BCUT2D eigenvalue weighted by Gasteiger charge is -2.29. The van der Waals surface area contributed by atoms with Crippen LogP contribution in [0, 0.1) is 0 Å². The normalized spacial score (nSPS) is 13.0. The Hall–Kier alpha value is -8.26. The Bertz CT molecular complexity index is 3870. The fraction of sp³-hybridized carbons (Fsp3) is 0.151. The molecule has 11 aromatic rings. The lowest BCUT2D eigenvalue weighted by atomic mass is 9.78. The Morgan fingerprint density at radius 3 is 1.43 bits per heavy atom. The third-order valence-electron chi connectivity index (χ3n) is 15.8. The minimum absolute atomic E-state index is 0.00971. The van der Waals surface area contributed by atoms with Crippen molar-refractivity contribution in [2.45, 2.75) is 71.6 Å². The smallest absolute Gasteiger partial charge is 0.0540 e. The Morgan fingerprint density at radius 1 is 0.324 bits per heavy atom. The number of hydrogen-bond acceptors (Lipinski definition) is 1. The third kappa shape index (κ3) is 8.22. The molecular formula is C73H63N. The summed E-state index contributed by atoms with van der Waals surface area (Å²) in [6.07, 6.45) is 0. The van der Waals surface area contributed by atoms with Crippen molar-refractivity contribution in [2.75, 3.05) is 4.90 Å². The van der Waals surface area contributed by atoms with E-state index in [0.717, 1.165) is 17.1 Å². The second kappa shape index (κ2) is 18.0. The molecule has 0 spiro atoms. The second-order valence-electron chi connectivity index (χ2n) is 23.0. The van der Waals surface area contributed by atoms with Gasteiger partial charge in [-0.3, -0.25) is 0 Å². The monoisotopic (exact) mass is 953 g/mol. The number of benzene rings is 11. The number of fused-ring (bicyclic) bond motifs is 5. The van der Waals surface area contributed by atoms with Gasteiger partial charge in [0.25, 0.3) is 0 Å². The summed E-state index contributed by atoms with van der Waals surface area (Å²) >= 11 is 0. The average molecular weight is 954 g/mol. The zero-order valence-electron chi connectivity index (χ0n) is 44.0. The Labute approximate surface area is 438 Å². The average Bonchev–Trinajstić information content (AvgIpc) is 3.66. The van der Waals surface area contributed by atoms with Crippen LogP contribution >= 0.6 is 0 Å². The van der Waals surface area contributed by atoms with Crippen LogP contribution in [0.4, 0.5) is 17.1 Å². The van der Waals surface area contributed by atoms with Gasteiger partial charge in [0.05, 0.1) is 5.69 Å². The minimum atomic E-state index is -0.0703. The van der Waals surface area contributed by atoms with Crippen molar-refractivity contribution in [3.63, 3.8) is 0 Å². The van der Waals surface area contributed by atoms with E-state index in [1.807, 2.05) is 0 Å². The van der Waals surface area contributed by atoms with Gasteiger partial charge in [-0.2, -0.15) is 0 Å². The number of anilines is 3. The third-order valence-corrected chi connectivity index (χ3v) is 15.8. The van der Waals surface area contributed by atoms with Crippen LogP contribution in [0.2, 0.25) is 0 Å². The zero-order valence-corrected chi connectivity index (χ0v) is 44.0. The summed E-state index contributed by atoms with van der Waals surface area (Å²) in [7, 11) is 0. The first-order valence-electron chi connectivity index (χ1n) is 26.3. The summed E-state index contributed by atoms with van der Waals surface area (Å²) in [5.74, 6) is 0.